The monoisotopic (exact) mass is 326 g/mol. The largest absolute Gasteiger partial charge is 0.340 e. The summed E-state index contributed by atoms with van der Waals surface area (Å²) in [6.07, 6.45) is 6.35. The van der Waals surface area contributed by atoms with E-state index in [9.17, 15) is 4.79 Å². The Morgan fingerprint density at radius 3 is 2.62 bits per heavy atom. The van der Waals surface area contributed by atoms with E-state index in [0.29, 0.717) is 11.8 Å². The highest BCUT2D eigenvalue weighted by Crippen LogP contribution is 2.49. The molecule has 3 aliphatic rings. The number of aryl methyl sites for hydroxylation is 1. The van der Waals surface area contributed by atoms with E-state index in [-0.39, 0.29) is 0 Å². The molecule has 0 spiro atoms. The number of fused-ring (bicyclic) bond motifs is 2. The van der Waals surface area contributed by atoms with E-state index in [0.717, 1.165) is 51.0 Å². The number of amides is 1. The molecule has 1 amide bonds. The van der Waals surface area contributed by atoms with Gasteiger partial charge in [-0.1, -0.05) is 36.2 Å². The van der Waals surface area contributed by atoms with Crippen molar-refractivity contribution in [2.45, 2.75) is 45.6 Å². The van der Waals surface area contributed by atoms with E-state index < -0.39 is 0 Å². The highest BCUT2D eigenvalue weighted by atomic mass is 16.2. The van der Waals surface area contributed by atoms with Crippen molar-refractivity contribution in [1.29, 1.82) is 0 Å². The third kappa shape index (κ3) is 3.51. The highest BCUT2D eigenvalue weighted by molar-refractivity contribution is 5.76. The normalized spacial score (nSPS) is 30.0. The predicted octanol–water partition coefficient (Wildman–Crippen LogP) is 3.47. The van der Waals surface area contributed by atoms with Gasteiger partial charge in [-0.2, -0.15) is 0 Å². The summed E-state index contributed by atoms with van der Waals surface area (Å²) >= 11 is 0. The molecule has 130 valence electrons. The van der Waals surface area contributed by atoms with Crippen LogP contribution in [0.15, 0.2) is 24.3 Å². The molecule has 0 aromatic heterocycles. The van der Waals surface area contributed by atoms with Gasteiger partial charge in [0.2, 0.25) is 5.91 Å². The second-order valence-electron chi connectivity index (χ2n) is 8.29. The van der Waals surface area contributed by atoms with Gasteiger partial charge in [-0.3, -0.25) is 9.69 Å². The van der Waals surface area contributed by atoms with Crippen LogP contribution in [-0.4, -0.2) is 41.9 Å². The Kier molecular flexibility index (Phi) is 4.62. The van der Waals surface area contributed by atoms with Crippen molar-refractivity contribution in [3.8, 4) is 0 Å². The second-order valence-corrected chi connectivity index (χ2v) is 8.29. The van der Waals surface area contributed by atoms with Crippen LogP contribution in [-0.2, 0) is 11.3 Å². The molecule has 0 radical (unpaired) electrons. The van der Waals surface area contributed by atoms with Crippen LogP contribution in [0.3, 0.4) is 0 Å². The Hall–Kier alpha value is -1.35. The minimum atomic E-state index is 0.419. The zero-order valence-electron chi connectivity index (χ0n) is 14.9. The first kappa shape index (κ1) is 16.1. The fourth-order valence-electron chi connectivity index (χ4n) is 5.20. The van der Waals surface area contributed by atoms with Crippen LogP contribution in [0, 0.1) is 24.7 Å². The van der Waals surface area contributed by atoms with Crippen LogP contribution < -0.4 is 0 Å². The molecule has 2 aliphatic carbocycles. The van der Waals surface area contributed by atoms with E-state index in [1.54, 1.807) is 0 Å². The van der Waals surface area contributed by atoms with E-state index >= 15 is 0 Å². The smallest absolute Gasteiger partial charge is 0.222 e. The van der Waals surface area contributed by atoms with Gasteiger partial charge in [0, 0.05) is 39.1 Å². The Labute approximate surface area is 146 Å². The van der Waals surface area contributed by atoms with Crippen LogP contribution >= 0.6 is 0 Å². The van der Waals surface area contributed by atoms with Crippen molar-refractivity contribution < 1.29 is 4.79 Å². The standard InChI is InChI=1S/C21H30N2O/c1-16-3-2-4-18(11-16)15-22-7-9-23(10-8-22)21(24)14-20-13-17-5-6-19(20)12-17/h2-4,11,17,19-20H,5-10,12-15H2,1H3. The molecule has 3 atom stereocenters. The van der Waals surface area contributed by atoms with Gasteiger partial charge in [-0.15, -0.1) is 0 Å². The van der Waals surface area contributed by atoms with Gasteiger partial charge in [-0.25, -0.2) is 0 Å². The first-order chi connectivity index (χ1) is 11.7. The summed E-state index contributed by atoms with van der Waals surface area (Å²) < 4.78 is 0. The zero-order valence-corrected chi connectivity index (χ0v) is 14.9. The molecular formula is C21H30N2O. The Morgan fingerprint density at radius 1 is 1.12 bits per heavy atom. The SMILES string of the molecule is Cc1cccc(CN2CCN(C(=O)CC3CC4CCC3C4)CC2)c1. The van der Waals surface area contributed by atoms with E-state index in [1.807, 2.05) is 0 Å². The Balaban J connectivity index is 1.24. The number of rotatable bonds is 4. The third-order valence-corrected chi connectivity index (χ3v) is 6.54. The Bertz CT molecular complexity index is 591. The zero-order chi connectivity index (χ0) is 16.5. The molecule has 3 heteroatoms. The maximum Gasteiger partial charge on any atom is 0.222 e. The number of carbonyl (C=O) groups excluding carboxylic acids is 1. The summed E-state index contributed by atoms with van der Waals surface area (Å²) in [4.78, 5) is 17.3. The van der Waals surface area contributed by atoms with Gasteiger partial charge in [0.25, 0.3) is 0 Å². The van der Waals surface area contributed by atoms with Crippen molar-refractivity contribution >= 4 is 5.91 Å². The van der Waals surface area contributed by atoms with E-state index in [1.165, 1.54) is 36.8 Å². The first-order valence-corrected chi connectivity index (χ1v) is 9.73. The van der Waals surface area contributed by atoms with Crippen LogP contribution in [0.5, 0.6) is 0 Å². The van der Waals surface area contributed by atoms with Crippen LogP contribution in [0.4, 0.5) is 0 Å². The maximum absolute atomic E-state index is 12.6. The minimum absolute atomic E-state index is 0.419. The Morgan fingerprint density at radius 2 is 1.96 bits per heavy atom. The minimum Gasteiger partial charge on any atom is -0.340 e. The van der Waals surface area contributed by atoms with Crippen molar-refractivity contribution in [3.63, 3.8) is 0 Å². The van der Waals surface area contributed by atoms with Crippen LogP contribution in [0.25, 0.3) is 0 Å². The predicted molar refractivity (Wildman–Crippen MR) is 96.6 cm³/mol. The van der Waals surface area contributed by atoms with Crippen LogP contribution in [0.2, 0.25) is 0 Å². The lowest BCUT2D eigenvalue weighted by molar-refractivity contribution is -0.134. The van der Waals surface area contributed by atoms with Gasteiger partial charge in [0.1, 0.15) is 0 Å². The molecule has 24 heavy (non-hydrogen) atoms. The average molecular weight is 326 g/mol. The number of benzene rings is 1. The van der Waals surface area contributed by atoms with Crippen molar-refractivity contribution in [3.05, 3.63) is 35.4 Å². The molecule has 3 fully saturated rings. The fraction of sp³-hybridized carbons (Fsp3) is 0.667. The molecule has 3 unspecified atom stereocenters. The molecule has 4 rings (SSSR count). The molecular weight excluding hydrogens is 296 g/mol. The van der Waals surface area contributed by atoms with E-state index in [4.69, 9.17) is 0 Å². The maximum atomic E-state index is 12.6. The first-order valence-electron chi connectivity index (χ1n) is 9.73. The van der Waals surface area contributed by atoms with E-state index in [2.05, 4.69) is 41.0 Å². The average Bonchev–Trinajstić information content (AvgIpc) is 3.18. The lowest BCUT2D eigenvalue weighted by atomic mass is 9.86. The molecule has 2 bridgehead atoms. The third-order valence-electron chi connectivity index (χ3n) is 6.54. The van der Waals surface area contributed by atoms with Gasteiger partial charge in [0.15, 0.2) is 0 Å². The summed E-state index contributed by atoms with van der Waals surface area (Å²) in [6.45, 7) is 7.00. The number of carbonyl (C=O) groups is 1. The quantitative estimate of drug-likeness (QED) is 0.846. The number of hydrogen-bond donors (Lipinski definition) is 0. The highest BCUT2D eigenvalue weighted by Gasteiger charge is 2.40. The topological polar surface area (TPSA) is 23.6 Å². The molecule has 1 aromatic carbocycles. The summed E-state index contributed by atoms with van der Waals surface area (Å²) in [5.74, 6) is 2.92. The number of nitrogens with zero attached hydrogens (tertiary/aromatic N) is 2. The number of piperazine rings is 1. The van der Waals surface area contributed by atoms with Crippen molar-refractivity contribution in [2.75, 3.05) is 26.2 Å². The molecule has 1 saturated heterocycles. The summed E-state index contributed by atoms with van der Waals surface area (Å²) in [5, 5.41) is 0. The lowest BCUT2D eigenvalue weighted by Gasteiger charge is -2.35. The molecule has 2 saturated carbocycles. The summed E-state index contributed by atoms with van der Waals surface area (Å²) in [6, 6.07) is 8.77. The molecule has 3 nitrogen and oxygen atoms in total. The molecule has 0 N–H and O–H groups in total. The van der Waals surface area contributed by atoms with Crippen molar-refractivity contribution in [2.24, 2.45) is 17.8 Å². The summed E-state index contributed by atoms with van der Waals surface area (Å²) in [5.41, 5.74) is 2.71. The van der Waals surface area contributed by atoms with Crippen LogP contribution in [0.1, 0.15) is 43.2 Å². The molecule has 1 aromatic rings. The molecule has 1 heterocycles. The fourth-order valence-corrected chi connectivity index (χ4v) is 5.20. The lowest BCUT2D eigenvalue weighted by Crippen LogP contribution is -2.48. The second kappa shape index (κ2) is 6.87. The van der Waals surface area contributed by atoms with Gasteiger partial charge < -0.3 is 4.90 Å². The van der Waals surface area contributed by atoms with Gasteiger partial charge >= 0.3 is 0 Å². The van der Waals surface area contributed by atoms with Gasteiger partial charge in [-0.05, 0) is 49.5 Å². The molecule has 1 aliphatic heterocycles. The van der Waals surface area contributed by atoms with Crippen molar-refractivity contribution in [1.82, 2.24) is 9.80 Å². The number of hydrogen-bond acceptors (Lipinski definition) is 2. The van der Waals surface area contributed by atoms with Gasteiger partial charge in [0.05, 0.1) is 0 Å². The summed E-state index contributed by atoms with van der Waals surface area (Å²) in [7, 11) is 0.